The van der Waals surface area contributed by atoms with E-state index in [1.165, 1.54) is 5.56 Å². The van der Waals surface area contributed by atoms with Gasteiger partial charge in [0, 0.05) is 50.2 Å². The third-order valence-corrected chi connectivity index (χ3v) is 3.22. The number of anilines is 1. The number of hydrogen-bond acceptors (Lipinski definition) is 4. The molecular formula is C16H22N4. The Labute approximate surface area is 120 Å². The van der Waals surface area contributed by atoms with E-state index in [4.69, 9.17) is 0 Å². The molecule has 0 fully saturated rings. The van der Waals surface area contributed by atoms with Gasteiger partial charge in [-0.25, -0.2) is 4.98 Å². The second-order valence-corrected chi connectivity index (χ2v) is 4.76. The Morgan fingerprint density at radius 1 is 1.10 bits per heavy atom. The van der Waals surface area contributed by atoms with Crippen LogP contribution < -0.4 is 10.2 Å². The smallest absolute Gasteiger partial charge is 0.132 e. The van der Waals surface area contributed by atoms with Crippen LogP contribution in [0.4, 0.5) is 5.82 Å². The second kappa shape index (κ2) is 7.60. The van der Waals surface area contributed by atoms with Gasteiger partial charge >= 0.3 is 0 Å². The number of rotatable bonds is 7. The lowest BCUT2D eigenvalue weighted by molar-refractivity contribution is 0.718. The van der Waals surface area contributed by atoms with Gasteiger partial charge in [0.05, 0.1) is 0 Å². The van der Waals surface area contributed by atoms with E-state index in [0.29, 0.717) is 0 Å². The number of aromatic nitrogens is 2. The molecule has 0 saturated carbocycles. The first-order valence-corrected chi connectivity index (χ1v) is 7.07. The summed E-state index contributed by atoms with van der Waals surface area (Å²) in [5, 5.41) is 3.35. The molecule has 0 saturated heterocycles. The highest BCUT2D eigenvalue weighted by Gasteiger charge is 2.08. The van der Waals surface area contributed by atoms with Crippen LogP contribution in [0.1, 0.15) is 18.2 Å². The molecule has 0 aromatic carbocycles. The summed E-state index contributed by atoms with van der Waals surface area (Å²) in [4.78, 5) is 11.1. The van der Waals surface area contributed by atoms with Crippen molar-refractivity contribution in [3.05, 3.63) is 54.0 Å². The maximum Gasteiger partial charge on any atom is 0.132 e. The van der Waals surface area contributed by atoms with Crippen molar-refractivity contribution >= 4 is 5.82 Å². The van der Waals surface area contributed by atoms with Crippen molar-refractivity contribution in [2.45, 2.75) is 19.9 Å². The molecule has 0 amide bonds. The van der Waals surface area contributed by atoms with Crippen LogP contribution >= 0.6 is 0 Å². The zero-order chi connectivity index (χ0) is 14.2. The van der Waals surface area contributed by atoms with Crippen LogP contribution in [0.3, 0.4) is 0 Å². The number of likely N-dealkylation sites (N-methyl/N-ethyl adjacent to an activating group) is 1. The predicted octanol–water partition coefficient (Wildman–Crippen LogP) is 2.27. The van der Waals surface area contributed by atoms with Gasteiger partial charge in [-0.3, -0.25) is 4.98 Å². The largest absolute Gasteiger partial charge is 0.359 e. The minimum atomic E-state index is 0.855. The quantitative estimate of drug-likeness (QED) is 0.838. The SMILES string of the molecule is CCNCc1cccnc1N(C)CCc1ccccn1. The van der Waals surface area contributed by atoms with E-state index in [1.54, 1.807) is 0 Å². The molecule has 0 radical (unpaired) electrons. The lowest BCUT2D eigenvalue weighted by Crippen LogP contribution is -2.24. The van der Waals surface area contributed by atoms with E-state index >= 15 is 0 Å². The third-order valence-electron chi connectivity index (χ3n) is 3.22. The van der Waals surface area contributed by atoms with Gasteiger partial charge in [0.2, 0.25) is 0 Å². The van der Waals surface area contributed by atoms with Gasteiger partial charge < -0.3 is 10.2 Å². The molecule has 0 atom stereocenters. The summed E-state index contributed by atoms with van der Waals surface area (Å²) in [5.74, 6) is 1.05. The number of nitrogens with one attached hydrogen (secondary N) is 1. The third kappa shape index (κ3) is 4.03. The van der Waals surface area contributed by atoms with Crippen molar-refractivity contribution in [1.29, 1.82) is 0 Å². The number of nitrogens with zero attached hydrogens (tertiary/aromatic N) is 3. The zero-order valence-electron chi connectivity index (χ0n) is 12.2. The Balaban J connectivity index is 1.99. The highest BCUT2D eigenvalue weighted by molar-refractivity contribution is 5.46. The van der Waals surface area contributed by atoms with Crippen LogP contribution in [0.5, 0.6) is 0 Å². The average Bonchev–Trinajstić information content (AvgIpc) is 2.52. The molecule has 4 nitrogen and oxygen atoms in total. The molecule has 0 aliphatic carbocycles. The Kier molecular flexibility index (Phi) is 5.50. The monoisotopic (exact) mass is 270 g/mol. The van der Waals surface area contributed by atoms with Gasteiger partial charge in [-0.05, 0) is 24.7 Å². The van der Waals surface area contributed by atoms with Crippen molar-refractivity contribution in [2.75, 3.05) is 25.0 Å². The summed E-state index contributed by atoms with van der Waals surface area (Å²) < 4.78 is 0. The molecule has 20 heavy (non-hydrogen) atoms. The highest BCUT2D eigenvalue weighted by Crippen LogP contribution is 2.15. The predicted molar refractivity (Wildman–Crippen MR) is 82.8 cm³/mol. The summed E-state index contributed by atoms with van der Waals surface area (Å²) in [7, 11) is 2.08. The van der Waals surface area contributed by atoms with E-state index < -0.39 is 0 Å². The fraction of sp³-hybridized carbons (Fsp3) is 0.375. The van der Waals surface area contributed by atoms with Crippen LogP contribution in [0.25, 0.3) is 0 Å². The minimum absolute atomic E-state index is 0.855. The van der Waals surface area contributed by atoms with Crippen molar-refractivity contribution < 1.29 is 0 Å². The average molecular weight is 270 g/mol. The van der Waals surface area contributed by atoms with Gasteiger partial charge in [0.25, 0.3) is 0 Å². The highest BCUT2D eigenvalue weighted by atomic mass is 15.2. The zero-order valence-corrected chi connectivity index (χ0v) is 12.2. The molecule has 0 unspecified atom stereocenters. The van der Waals surface area contributed by atoms with Crippen molar-refractivity contribution in [1.82, 2.24) is 15.3 Å². The van der Waals surface area contributed by atoms with Crippen molar-refractivity contribution in [3.63, 3.8) is 0 Å². The fourth-order valence-corrected chi connectivity index (χ4v) is 2.11. The molecular weight excluding hydrogens is 248 g/mol. The van der Waals surface area contributed by atoms with Crippen LogP contribution in [-0.2, 0) is 13.0 Å². The molecule has 2 heterocycles. The Bertz CT molecular complexity index is 513. The van der Waals surface area contributed by atoms with Gasteiger partial charge in [-0.1, -0.05) is 19.1 Å². The molecule has 4 heteroatoms. The maximum absolute atomic E-state index is 4.51. The van der Waals surface area contributed by atoms with Crippen molar-refractivity contribution in [3.8, 4) is 0 Å². The van der Waals surface area contributed by atoms with Gasteiger partial charge in [0.1, 0.15) is 5.82 Å². The first kappa shape index (κ1) is 14.5. The van der Waals surface area contributed by atoms with Crippen molar-refractivity contribution in [2.24, 2.45) is 0 Å². The molecule has 2 aromatic heterocycles. The van der Waals surface area contributed by atoms with Gasteiger partial charge in [-0.15, -0.1) is 0 Å². The van der Waals surface area contributed by atoms with Crippen LogP contribution in [0.2, 0.25) is 0 Å². The Morgan fingerprint density at radius 2 is 1.95 bits per heavy atom. The van der Waals surface area contributed by atoms with E-state index in [2.05, 4.69) is 46.3 Å². The van der Waals surface area contributed by atoms with Gasteiger partial charge in [-0.2, -0.15) is 0 Å². The molecule has 2 rings (SSSR count). The van der Waals surface area contributed by atoms with Crippen LogP contribution in [0, 0.1) is 0 Å². The Morgan fingerprint density at radius 3 is 2.70 bits per heavy atom. The Hall–Kier alpha value is -1.94. The normalized spacial score (nSPS) is 10.5. The molecule has 0 aliphatic heterocycles. The molecule has 0 spiro atoms. The summed E-state index contributed by atoms with van der Waals surface area (Å²) >= 11 is 0. The number of pyridine rings is 2. The molecule has 2 aromatic rings. The van der Waals surface area contributed by atoms with Gasteiger partial charge in [0.15, 0.2) is 0 Å². The van der Waals surface area contributed by atoms with Crippen LogP contribution in [-0.4, -0.2) is 30.1 Å². The first-order chi connectivity index (χ1) is 9.81. The molecule has 0 bridgehead atoms. The summed E-state index contributed by atoms with van der Waals surface area (Å²) in [6.45, 7) is 4.84. The van der Waals surface area contributed by atoms with E-state index in [-0.39, 0.29) is 0 Å². The molecule has 0 aliphatic rings. The standard InChI is InChI=1S/C16H22N4/c1-3-17-13-14-7-6-11-19-16(14)20(2)12-9-15-8-4-5-10-18-15/h4-8,10-11,17H,3,9,12-13H2,1-2H3. The number of hydrogen-bond donors (Lipinski definition) is 1. The lowest BCUT2D eigenvalue weighted by atomic mass is 10.2. The van der Waals surface area contributed by atoms with E-state index in [1.807, 2.05) is 30.6 Å². The topological polar surface area (TPSA) is 41.1 Å². The molecule has 1 N–H and O–H groups in total. The van der Waals surface area contributed by atoms with Crippen LogP contribution in [0.15, 0.2) is 42.7 Å². The van der Waals surface area contributed by atoms with E-state index in [9.17, 15) is 0 Å². The fourth-order valence-electron chi connectivity index (χ4n) is 2.11. The summed E-state index contributed by atoms with van der Waals surface area (Å²) in [6.07, 6.45) is 4.61. The minimum Gasteiger partial charge on any atom is -0.359 e. The van der Waals surface area contributed by atoms with E-state index in [0.717, 1.165) is 37.6 Å². The maximum atomic E-state index is 4.51. The summed E-state index contributed by atoms with van der Waals surface area (Å²) in [5.41, 5.74) is 2.35. The summed E-state index contributed by atoms with van der Waals surface area (Å²) in [6, 6.07) is 10.1. The lowest BCUT2D eigenvalue weighted by Gasteiger charge is -2.21. The second-order valence-electron chi connectivity index (χ2n) is 4.76. The first-order valence-electron chi connectivity index (χ1n) is 7.07. The molecule has 106 valence electrons.